The number of sulfonamides is 2. The third kappa shape index (κ3) is 4.65. The van der Waals surface area contributed by atoms with E-state index >= 15 is 0 Å². The summed E-state index contributed by atoms with van der Waals surface area (Å²) in [6, 6.07) is 5.42. The first kappa shape index (κ1) is 21.3. The SMILES string of the molecule is CC(C)[C@@H]1CC[C@H](C)C[C@@H]1NS(=O)(=O)c1cccc(S(=O)(=O)N(C)C)c1. The van der Waals surface area contributed by atoms with Crippen LogP contribution in [0, 0.1) is 17.8 Å². The summed E-state index contributed by atoms with van der Waals surface area (Å²) in [6.07, 6.45) is 2.91. The summed E-state index contributed by atoms with van der Waals surface area (Å²) in [5.41, 5.74) is 0. The molecule has 2 rings (SSSR count). The van der Waals surface area contributed by atoms with Gasteiger partial charge in [0.15, 0.2) is 0 Å². The number of hydrogen-bond donors (Lipinski definition) is 1. The van der Waals surface area contributed by atoms with E-state index in [1.165, 1.54) is 38.4 Å². The van der Waals surface area contributed by atoms with E-state index in [0.29, 0.717) is 11.8 Å². The summed E-state index contributed by atoms with van der Waals surface area (Å²) in [6.45, 7) is 6.38. The molecule has 1 aromatic carbocycles. The third-order valence-corrected chi connectivity index (χ3v) is 8.52. The molecule has 6 nitrogen and oxygen atoms in total. The molecule has 1 saturated carbocycles. The minimum atomic E-state index is -3.79. The molecule has 0 aliphatic heterocycles. The van der Waals surface area contributed by atoms with E-state index in [-0.39, 0.29) is 21.8 Å². The van der Waals surface area contributed by atoms with Crippen molar-refractivity contribution in [2.75, 3.05) is 14.1 Å². The van der Waals surface area contributed by atoms with Crippen LogP contribution in [0.25, 0.3) is 0 Å². The Morgan fingerprint density at radius 2 is 1.69 bits per heavy atom. The molecule has 26 heavy (non-hydrogen) atoms. The predicted molar refractivity (Wildman–Crippen MR) is 103 cm³/mol. The number of benzene rings is 1. The van der Waals surface area contributed by atoms with Crippen LogP contribution in [0.15, 0.2) is 34.1 Å². The summed E-state index contributed by atoms with van der Waals surface area (Å²) in [5.74, 6) is 1.14. The average Bonchev–Trinajstić information content (AvgIpc) is 2.54. The first-order chi connectivity index (χ1) is 11.9. The van der Waals surface area contributed by atoms with E-state index in [9.17, 15) is 16.8 Å². The highest BCUT2D eigenvalue weighted by Crippen LogP contribution is 2.34. The van der Waals surface area contributed by atoms with Gasteiger partial charge in [-0.3, -0.25) is 0 Å². The minimum absolute atomic E-state index is 0.0128. The van der Waals surface area contributed by atoms with Crippen LogP contribution in [0.1, 0.15) is 40.0 Å². The zero-order chi connectivity index (χ0) is 19.7. The highest BCUT2D eigenvalue weighted by Gasteiger charge is 2.34. The Morgan fingerprint density at radius 3 is 2.27 bits per heavy atom. The standard InChI is InChI=1S/C18H30N2O4S2/c1-13(2)17-10-9-14(3)11-18(17)19-25(21,22)15-7-6-8-16(12-15)26(23,24)20(4)5/h6-8,12-14,17-19H,9-11H2,1-5H3/t14-,17-,18-/m0/s1. The summed E-state index contributed by atoms with van der Waals surface area (Å²) in [7, 11) is -4.63. The zero-order valence-corrected chi connectivity index (χ0v) is 17.8. The zero-order valence-electron chi connectivity index (χ0n) is 16.1. The van der Waals surface area contributed by atoms with Gasteiger partial charge < -0.3 is 0 Å². The van der Waals surface area contributed by atoms with Gasteiger partial charge in [0.25, 0.3) is 0 Å². The molecule has 0 amide bonds. The molecular formula is C18H30N2O4S2. The lowest BCUT2D eigenvalue weighted by molar-refractivity contribution is 0.188. The maximum absolute atomic E-state index is 12.9. The van der Waals surface area contributed by atoms with Crippen LogP contribution in [-0.2, 0) is 20.0 Å². The molecule has 0 radical (unpaired) electrons. The highest BCUT2D eigenvalue weighted by atomic mass is 32.2. The van der Waals surface area contributed by atoms with Gasteiger partial charge in [-0.25, -0.2) is 25.9 Å². The van der Waals surface area contributed by atoms with Crippen molar-refractivity contribution in [2.24, 2.45) is 17.8 Å². The predicted octanol–water partition coefficient (Wildman–Crippen LogP) is 2.68. The maximum atomic E-state index is 12.9. The topological polar surface area (TPSA) is 83.5 Å². The molecule has 148 valence electrons. The van der Waals surface area contributed by atoms with E-state index in [4.69, 9.17) is 0 Å². The fourth-order valence-corrected chi connectivity index (χ4v) is 5.99. The van der Waals surface area contributed by atoms with E-state index < -0.39 is 20.0 Å². The summed E-state index contributed by atoms with van der Waals surface area (Å²) in [4.78, 5) is -0.0380. The lowest BCUT2D eigenvalue weighted by Crippen LogP contribution is -2.45. The first-order valence-corrected chi connectivity index (χ1v) is 11.9. The third-order valence-electron chi connectivity index (χ3n) is 5.22. The van der Waals surface area contributed by atoms with Crippen molar-refractivity contribution in [1.29, 1.82) is 0 Å². The van der Waals surface area contributed by atoms with Crippen LogP contribution < -0.4 is 4.72 Å². The Balaban J connectivity index is 2.33. The summed E-state index contributed by atoms with van der Waals surface area (Å²) in [5, 5.41) is 0. The molecule has 1 N–H and O–H groups in total. The van der Waals surface area contributed by atoms with Crippen molar-refractivity contribution < 1.29 is 16.8 Å². The van der Waals surface area contributed by atoms with Crippen LogP contribution >= 0.6 is 0 Å². The van der Waals surface area contributed by atoms with Gasteiger partial charge in [-0.1, -0.05) is 33.3 Å². The van der Waals surface area contributed by atoms with Gasteiger partial charge in [0.2, 0.25) is 20.0 Å². The smallest absolute Gasteiger partial charge is 0.208 e. The number of rotatable bonds is 6. The number of hydrogen-bond acceptors (Lipinski definition) is 4. The van der Waals surface area contributed by atoms with Crippen LogP contribution in [0.5, 0.6) is 0 Å². The van der Waals surface area contributed by atoms with Crippen molar-refractivity contribution in [3.05, 3.63) is 24.3 Å². The number of nitrogens with zero attached hydrogens (tertiary/aromatic N) is 1. The first-order valence-electron chi connectivity index (χ1n) is 9.00. The second-order valence-electron chi connectivity index (χ2n) is 7.82. The molecule has 0 unspecified atom stereocenters. The van der Waals surface area contributed by atoms with Crippen LogP contribution in [0.4, 0.5) is 0 Å². The molecule has 0 saturated heterocycles. The summed E-state index contributed by atoms with van der Waals surface area (Å²) < 4.78 is 54.3. The molecule has 3 atom stereocenters. The lowest BCUT2D eigenvalue weighted by Gasteiger charge is -2.37. The maximum Gasteiger partial charge on any atom is 0.242 e. The van der Waals surface area contributed by atoms with Crippen molar-refractivity contribution in [2.45, 2.75) is 55.9 Å². The fraction of sp³-hybridized carbons (Fsp3) is 0.667. The highest BCUT2D eigenvalue weighted by molar-refractivity contribution is 7.90. The fourth-order valence-electron chi connectivity index (χ4n) is 3.62. The minimum Gasteiger partial charge on any atom is -0.208 e. The van der Waals surface area contributed by atoms with Gasteiger partial charge in [0.05, 0.1) is 9.79 Å². The van der Waals surface area contributed by atoms with Crippen molar-refractivity contribution >= 4 is 20.0 Å². The van der Waals surface area contributed by atoms with Gasteiger partial charge in [0.1, 0.15) is 0 Å². The average molecular weight is 403 g/mol. The van der Waals surface area contributed by atoms with E-state index in [2.05, 4.69) is 25.5 Å². The van der Waals surface area contributed by atoms with Crippen LogP contribution in [0.2, 0.25) is 0 Å². The Morgan fingerprint density at radius 1 is 1.08 bits per heavy atom. The van der Waals surface area contributed by atoms with Gasteiger partial charge in [-0.15, -0.1) is 0 Å². The quantitative estimate of drug-likeness (QED) is 0.793. The van der Waals surface area contributed by atoms with Crippen molar-refractivity contribution in [1.82, 2.24) is 9.03 Å². The molecule has 0 heterocycles. The van der Waals surface area contributed by atoms with E-state index in [1.807, 2.05) is 0 Å². The molecule has 1 aromatic rings. The molecule has 8 heteroatoms. The molecular weight excluding hydrogens is 372 g/mol. The van der Waals surface area contributed by atoms with Gasteiger partial charge in [-0.05, 0) is 48.8 Å². The second-order valence-corrected chi connectivity index (χ2v) is 11.7. The molecule has 0 aromatic heterocycles. The monoisotopic (exact) mass is 402 g/mol. The van der Waals surface area contributed by atoms with Gasteiger partial charge >= 0.3 is 0 Å². The van der Waals surface area contributed by atoms with Crippen LogP contribution in [0.3, 0.4) is 0 Å². The molecule has 0 spiro atoms. The molecule has 1 aliphatic carbocycles. The van der Waals surface area contributed by atoms with Crippen molar-refractivity contribution in [3.8, 4) is 0 Å². The molecule has 1 aliphatic rings. The largest absolute Gasteiger partial charge is 0.242 e. The molecule has 0 bridgehead atoms. The van der Waals surface area contributed by atoms with E-state index in [1.54, 1.807) is 0 Å². The Bertz CT molecular complexity index is 833. The Labute approximate surface area is 158 Å². The Kier molecular flexibility index (Phi) is 6.53. The summed E-state index contributed by atoms with van der Waals surface area (Å²) >= 11 is 0. The van der Waals surface area contributed by atoms with Gasteiger partial charge in [0, 0.05) is 20.1 Å². The van der Waals surface area contributed by atoms with Gasteiger partial charge in [-0.2, -0.15) is 0 Å². The van der Waals surface area contributed by atoms with Crippen LogP contribution in [-0.4, -0.2) is 41.3 Å². The number of nitrogens with one attached hydrogen (secondary N) is 1. The normalized spacial score (nSPS) is 25.0. The Hall–Kier alpha value is -0.960. The molecule has 1 fully saturated rings. The van der Waals surface area contributed by atoms with Crippen molar-refractivity contribution in [3.63, 3.8) is 0 Å². The second kappa shape index (κ2) is 7.96. The lowest BCUT2D eigenvalue weighted by atomic mass is 9.74. The van der Waals surface area contributed by atoms with E-state index in [0.717, 1.165) is 23.6 Å².